The second-order valence-electron chi connectivity index (χ2n) is 8.27. The van der Waals surface area contributed by atoms with Crippen LogP contribution in [0, 0.1) is 0 Å². The maximum absolute atomic E-state index is 6.44. The fourth-order valence-corrected chi connectivity index (χ4v) is 4.00. The number of aryl methyl sites for hydroxylation is 1. The van der Waals surface area contributed by atoms with Gasteiger partial charge in [0.2, 0.25) is 6.79 Å². The van der Waals surface area contributed by atoms with Crippen LogP contribution >= 0.6 is 11.6 Å². The van der Waals surface area contributed by atoms with Gasteiger partial charge in [0.15, 0.2) is 11.5 Å². The number of aromatic nitrogens is 2. The van der Waals surface area contributed by atoms with Crippen molar-refractivity contribution in [3.63, 3.8) is 0 Å². The summed E-state index contributed by atoms with van der Waals surface area (Å²) in [7, 11) is 4.06. The van der Waals surface area contributed by atoms with Gasteiger partial charge in [-0.25, -0.2) is 4.98 Å². The van der Waals surface area contributed by atoms with E-state index in [9.17, 15) is 0 Å². The van der Waals surface area contributed by atoms with Crippen LogP contribution < -0.4 is 14.2 Å². The Labute approximate surface area is 199 Å². The Morgan fingerprint density at radius 2 is 1.88 bits per heavy atom. The lowest BCUT2D eigenvalue weighted by Crippen LogP contribution is -2.32. The van der Waals surface area contributed by atoms with Gasteiger partial charge in [-0.05, 0) is 50.2 Å². The maximum atomic E-state index is 6.44. The average molecular weight is 472 g/mol. The maximum Gasteiger partial charge on any atom is 0.231 e. The quantitative estimate of drug-likeness (QED) is 0.384. The number of imidazole rings is 1. The first kappa shape index (κ1) is 23.4. The highest BCUT2D eigenvalue weighted by atomic mass is 35.5. The number of hydrogen-bond donors (Lipinski definition) is 0. The predicted octanol–water partition coefficient (Wildman–Crippen LogP) is 4.48. The van der Waals surface area contributed by atoms with Crippen molar-refractivity contribution in [1.82, 2.24) is 14.5 Å². The minimum absolute atomic E-state index is 0.265. The van der Waals surface area contributed by atoms with Crippen LogP contribution in [0.5, 0.6) is 17.2 Å². The van der Waals surface area contributed by atoms with Gasteiger partial charge >= 0.3 is 0 Å². The zero-order valence-electron chi connectivity index (χ0n) is 19.3. The SMILES string of the molecule is CN(CCCOC(C)(c1ccc(Cl)cc1)c1nccn1C)CCOc1ccc2c(c1)OCO2. The van der Waals surface area contributed by atoms with Crippen molar-refractivity contribution >= 4 is 11.6 Å². The highest BCUT2D eigenvalue weighted by molar-refractivity contribution is 6.30. The lowest BCUT2D eigenvalue weighted by atomic mass is 9.94. The fraction of sp³-hybridized carbons (Fsp3) is 0.400. The van der Waals surface area contributed by atoms with E-state index in [1.165, 1.54) is 0 Å². The van der Waals surface area contributed by atoms with Crippen LogP contribution in [0.3, 0.4) is 0 Å². The molecule has 0 radical (unpaired) electrons. The molecule has 0 spiro atoms. The molecule has 4 rings (SSSR count). The molecule has 33 heavy (non-hydrogen) atoms. The third-order valence-electron chi connectivity index (χ3n) is 5.80. The highest BCUT2D eigenvalue weighted by Crippen LogP contribution is 2.35. The van der Waals surface area contributed by atoms with Crippen molar-refractivity contribution in [3.05, 3.63) is 71.3 Å². The van der Waals surface area contributed by atoms with Crippen LogP contribution in [0.15, 0.2) is 54.9 Å². The van der Waals surface area contributed by atoms with Crippen molar-refractivity contribution in [3.8, 4) is 17.2 Å². The molecule has 1 aliphatic rings. The number of hydrogen-bond acceptors (Lipinski definition) is 6. The molecular weight excluding hydrogens is 442 g/mol. The van der Waals surface area contributed by atoms with Crippen molar-refractivity contribution < 1.29 is 18.9 Å². The van der Waals surface area contributed by atoms with Gasteiger partial charge in [-0.2, -0.15) is 0 Å². The molecule has 3 aromatic rings. The average Bonchev–Trinajstić information content (AvgIpc) is 3.45. The molecule has 1 unspecified atom stereocenters. The molecule has 0 bridgehead atoms. The van der Waals surface area contributed by atoms with E-state index in [0.29, 0.717) is 18.2 Å². The van der Waals surface area contributed by atoms with Gasteiger partial charge in [0.05, 0.1) is 0 Å². The van der Waals surface area contributed by atoms with Gasteiger partial charge in [0.25, 0.3) is 0 Å². The normalized spacial score (nSPS) is 14.5. The van der Waals surface area contributed by atoms with Crippen molar-refractivity contribution in [2.45, 2.75) is 18.9 Å². The summed E-state index contributed by atoms with van der Waals surface area (Å²) in [6, 6.07) is 13.4. The molecule has 0 fully saturated rings. The Bertz CT molecular complexity index is 1060. The van der Waals surface area contributed by atoms with Crippen LogP contribution in [0.2, 0.25) is 5.02 Å². The van der Waals surface area contributed by atoms with E-state index in [1.807, 2.05) is 60.3 Å². The summed E-state index contributed by atoms with van der Waals surface area (Å²) < 4.78 is 25.0. The number of ether oxygens (including phenoxy) is 4. The third kappa shape index (κ3) is 5.61. The van der Waals surface area contributed by atoms with E-state index < -0.39 is 5.60 Å². The van der Waals surface area contributed by atoms with Gasteiger partial charge in [-0.3, -0.25) is 0 Å². The molecule has 0 saturated heterocycles. The third-order valence-corrected chi connectivity index (χ3v) is 6.06. The standard InChI is InChI=1S/C25H30ClN3O4/c1-25(24-27-11-13-29(24)3,19-5-7-20(26)8-6-19)33-15-4-12-28(2)14-16-30-21-9-10-22-23(17-21)32-18-31-22/h5-11,13,17H,4,12,14-16,18H2,1-3H3. The number of nitrogens with zero attached hydrogens (tertiary/aromatic N) is 3. The molecule has 176 valence electrons. The number of rotatable bonds is 11. The lowest BCUT2D eigenvalue weighted by Gasteiger charge is -2.30. The second-order valence-corrected chi connectivity index (χ2v) is 8.71. The molecule has 0 aliphatic carbocycles. The lowest BCUT2D eigenvalue weighted by molar-refractivity contribution is -0.0158. The summed E-state index contributed by atoms with van der Waals surface area (Å²) in [6.07, 6.45) is 4.61. The molecule has 7 nitrogen and oxygen atoms in total. The summed E-state index contributed by atoms with van der Waals surface area (Å²) >= 11 is 6.10. The molecule has 1 atom stereocenters. The minimum atomic E-state index is -0.663. The molecule has 2 heterocycles. The Balaban J connectivity index is 1.25. The molecule has 8 heteroatoms. The van der Waals surface area contributed by atoms with Crippen LogP contribution in [0.1, 0.15) is 24.7 Å². The summed E-state index contributed by atoms with van der Waals surface area (Å²) in [6.45, 7) is 5.21. The van der Waals surface area contributed by atoms with Crippen molar-refractivity contribution in [1.29, 1.82) is 0 Å². The Morgan fingerprint density at radius 3 is 2.64 bits per heavy atom. The molecular formula is C25H30ClN3O4. The number of fused-ring (bicyclic) bond motifs is 1. The molecule has 2 aromatic carbocycles. The molecule has 0 saturated carbocycles. The van der Waals surface area contributed by atoms with E-state index >= 15 is 0 Å². The largest absolute Gasteiger partial charge is 0.492 e. The Hall–Kier alpha value is -2.74. The van der Waals surface area contributed by atoms with Crippen LogP contribution in [0.4, 0.5) is 0 Å². The smallest absolute Gasteiger partial charge is 0.231 e. The summed E-state index contributed by atoms with van der Waals surface area (Å²) in [4.78, 5) is 6.79. The first-order valence-electron chi connectivity index (χ1n) is 11.0. The van der Waals surface area contributed by atoms with Gasteiger partial charge in [0, 0.05) is 50.2 Å². The van der Waals surface area contributed by atoms with Crippen LogP contribution in [-0.2, 0) is 17.4 Å². The van der Waals surface area contributed by atoms with E-state index in [-0.39, 0.29) is 6.79 Å². The molecule has 1 aromatic heterocycles. The Morgan fingerprint density at radius 1 is 1.09 bits per heavy atom. The topological polar surface area (TPSA) is 58.0 Å². The zero-order chi connectivity index (χ0) is 23.3. The van der Waals surface area contributed by atoms with Gasteiger partial charge in [-0.1, -0.05) is 23.7 Å². The van der Waals surface area contributed by atoms with Crippen molar-refractivity contribution in [2.75, 3.05) is 40.1 Å². The summed E-state index contributed by atoms with van der Waals surface area (Å²) in [5.41, 5.74) is 0.357. The highest BCUT2D eigenvalue weighted by Gasteiger charge is 2.33. The van der Waals surface area contributed by atoms with E-state index in [0.717, 1.165) is 48.1 Å². The van der Waals surface area contributed by atoms with Gasteiger partial charge < -0.3 is 28.4 Å². The molecule has 1 aliphatic heterocycles. The van der Waals surface area contributed by atoms with E-state index in [4.69, 9.17) is 30.5 Å². The van der Waals surface area contributed by atoms with Crippen LogP contribution in [0.25, 0.3) is 0 Å². The monoisotopic (exact) mass is 471 g/mol. The minimum Gasteiger partial charge on any atom is -0.492 e. The molecule has 0 N–H and O–H groups in total. The van der Waals surface area contributed by atoms with Crippen LogP contribution in [-0.4, -0.2) is 54.6 Å². The second kappa shape index (κ2) is 10.5. The zero-order valence-corrected chi connectivity index (χ0v) is 20.0. The van der Waals surface area contributed by atoms with Crippen molar-refractivity contribution in [2.24, 2.45) is 7.05 Å². The fourth-order valence-electron chi connectivity index (χ4n) is 3.88. The van der Waals surface area contributed by atoms with E-state index in [1.54, 1.807) is 6.20 Å². The first-order chi connectivity index (χ1) is 16.0. The predicted molar refractivity (Wildman–Crippen MR) is 127 cm³/mol. The first-order valence-corrected chi connectivity index (χ1v) is 11.4. The summed E-state index contributed by atoms with van der Waals surface area (Å²) in [5, 5.41) is 0.700. The molecule has 0 amide bonds. The number of benzene rings is 2. The summed E-state index contributed by atoms with van der Waals surface area (Å²) in [5.74, 6) is 3.13. The Kier molecular flexibility index (Phi) is 7.42. The van der Waals surface area contributed by atoms with Gasteiger partial charge in [0.1, 0.15) is 23.8 Å². The number of likely N-dealkylation sites (N-methyl/N-ethyl adjacent to an activating group) is 1. The van der Waals surface area contributed by atoms with E-state index in [2.05, 4.69) is 23.9 Å². The number of halogens is 1. The van der Waals surface area contributed by atoms with Gasteiger partial charge in [-0.15, -0.1) is 0 Å².